The standard InChI is InChI=1S/C18H22FN3O2S/c1-3-4-7-10-22(17(24)14-8-5-6-9-15(14)19)12-16(23)21-18-20-11-13(2)25-18/h5-6,8-9,11H,3-4,7,10,12H2,1-2H3,(H,20,21,23). The van der Waals surface area contributed by atoms with Crippen LogP contribution in [0.4, 0.5) is 9.52 Å². The van der Waals surface area contributed by atoms with Crippen LogP contribution in [-0.2, 0) is 4.79 Å². The fraction of sp³-hybridized carbons (Fsp3) is 0.389. The van der Waals surface area contributed by atoms with Crippen molar-refractivity contribution in [3.8, 4) is 0 Å². The number of nitrogens with one attached hydrogen (secondary N) is 1. The number of aryl methyl sites for hydroxylation is 1. The number of unbranched alkanes of at least 4 members (excludes halogenated alkanes) is 2. The molecular formula is C18H22FN3O2S. The monoisotopic (exact) mass is 363 g/mol. The van der Waals surface area contributed by atoms with Gasteiger partial charge in [-0.25, -0.2) is 9.37 Å². The van der Waals surface area contributed by atoms with E-state index < -0.39 is 11.7 Å². The third-order valence-corrected chi connectivity index (χ3v) is 4.45. The Morgan fingerprint density at radius 2 is 2.04 bits per heavy atom. The number of hydrogen-bond donors (Lipinski definition) is 1. The molecule has 0 aliphatic rings. The van der Waals surface area contributed by atoms with E-state index in [0.717, 1.165) is 24.1 Å². The third kappa shape index (κ3) is 5.63. The summed E-state index contributed by atoms with van der Waals surface area (Å²) in [6.45, 7) is 4.23. The van der Waals surface area contributed by atoms with Crippen LogP contribution < -0.4 is 5.32 Å². The van der Waals surface area contributed by atoms with Gasteiger partial charge in [-0.15, -0.1) is 11.3 Å². The highest BCUT2D eigenvalue weighted by Crippen LogP contribution is 2.17. The summed E-state index contributed by atoms with van der Waals surface area (Å²) >= 11 is 1.37. The minimum atomic E-state index is -0.580. The quantitative estimate of drug-likeness (QED) is 0.725. The second-order valence-electron chi connectivity index (χ2n) is 5.74. The van der Waals surface area contributed by atoms with Gasteiger partial charge in [0.15, 0.2) is 5.13 Å². The van der Waals surface area contributed by atoms with Gasteiger partial charge < -0.3 is 10.2 Å². The van der Waals surface area contributed by atoms with Gasteiger partial charge in [0.25, 0.3) is 5.91 Å². The number of aromatic nitrogens is 1. The number of halogens is 1. The van der Waals surface area contributed by atoms with E-state index in [0.29, 0.717) is 11.7 Å². The molecule has 0 spiro atoms. The van der Waals surface area contributed by atoms with Crippen LogP contribution in [0.5, 0.6) is 0 Å². The number of thiazole rings is 1. The highest BCUT2D eigenvalue weighted by atomic mass is 32.1. The molecule has 2 amide bonds. The van der Waals surface area contributed by atoms with Crippen LogP contribution >= 0.6 is 11.3 Å². The Kier molecular flexibility index (Phi) is 7.06. The Balaban J connectivity index is 2.07. The van der Waals surface area contributed by atoms with E-state index >= 15 is 0 Å². The molecule has 0 aliphatic heterocycles. The maximum atomic E-state index is 13.9. The number of amides is 2. The molecule has 0 bridgehead atoms. The number of hydrogen-bond acceptors (Lipinski definition) is 4. The topological polar surface area (TPSA) is 62.3 Å². The maximum Gasteiger partial charge on any atom is 0.257 e. The molecule has 0 aliphatic carbocycles. The number of nitrogens with zero attached hydrogens (tertiary/aromatic N) is 2. The van der Waals surface area contributed by atoms with Crippen LogP contribution in [0.3, 0.4) is 0 Å². The van der Waals surface area contributed by atoms with Crippen molar-refractivity contribution in [2.24, 2.45) is 0 Å². The minimum absolute atomic E-state index is 0.0168. The lowest BCUT2D eigenvalue weighted by molar-refractivity contribution is -0.116. The van der Waals surface area contributed by atoms with Gasteiger partial charge in [-0.3, -0.25) is 9.59 Å². The second-order valence-corrected chi connectivity index (χ2v) is 6.97. The van der Waals surface area contributed by atoms with Crippen molar-refractivity contribution >= 4 is 28.3 Å². The molecule has 7 heteroatoms. The third-order valence-electron chi connectivity index (χ3n) is 3.63. The number of rotatable bonds is 8. The minimum Gasteiger partial charge on any atom is -0.329 e. The summed E-state index contributed by atoms with van der Waals surface area (Å²) in [5.74, 6) is -1.39. The lowest BCUT2D eigenvalue weighted by atomic mass is 10.1. The van der Waals surface area contributed by atoms with Crippen LogP contribution in [-0.4, -0.2) is 34.8 Å². The van der Waals surface area contributed by atoms with E-state index in [1.807, 2.05) is 6.92 Å². The van der Waals surface area contributed by atoms with Crippen LogP contribution in [0.1, 0.15) is 41.4 Å². The van der Waals surface area contributed by atoms with Crippen LogP contribution in [0.2, 0.25) is 0 Å². The van der Waals surface area contributed by atoms with Crippen molar-refractivity contribution in [2.75, 3.05) is 18.4 Å². The zero-order chi connectivity index (χ0) is 18.2. The lowest BCUT2D eigenvalue weighted by Gasteiger charge is -2.22. The molecule has 5 nitrogen and oxygen atoms in total. The van der Waals surface area contributed by atoms with Crippen molar-refractivity contribution in [3.05, 3.63) is 46.7 Å². The number of carbonyl (C=O) groups excluding carboxylic acids is 2. The molecule has 0 radical (unpaired) electrons. The molecule has 1 aromatic heterocycles. The van der Waals surface area contributed by atoms with Crippen LogP contribution in [0.25, 0.3) is 0 Å². The molecule has 2 rings (SSSR count). The smallest absolute Gasteiger partial charge is 0.257 e. The fourth-order valence-electron chi connectivity index (χ4n) is 2.35. The first-order chi connectivity index (χ1) is 12.0. The number of carbonyl (C=O) groups is 2. The van der Waals surface area contributed by atoms with E-state index in [2.05, 4.69) is 17.2 Å². The van der Waals surface area contributed by atoms with Crippen molar-refractivity contribution in [3.63, 3.8) is 0 Å². The van der Waals surface area contributed by atoms with Gasteiger partial charge in [0.1, 0.15) is 12.4 Å². The highest BCUT2D eigenvalue weighted by Gasteiger charge is 2.21. The first-order valence-electron chi connectivity index (χ1n) is 8.27. The fourth-order valence-corrected chi connectivity index (χ4v) is 3.04. The zero-order valence-electron chi connectivity index (χ0n) is 14.4. The predicted octanol–water partition coefficient (Wildman–Crippen LogP) is 3.86. The Morgan fingerprint density at radius 1 is 1.28 bits per heavy atom. The van der Waals surface area contributed by atoms with E-state index in [4.69, 9.17) is 0 Å². The zero-order valence-corrected chi connectivity index (χ0v) is 15.2. The average molecular weight is 363 g/mol. The molecule has 1 heterocycles. The maximum absolute atomic E-state index is 13.9. The Bertz CT molecular complexity index is 733. The Morgan fingerprint density at radius 3 is 2.68 bits per heavy atom. The molecule has 2 aromatic rings. The van der Waals surface area contributed by atoms with Gasteiger partial charge >= 0.3 is 0 Å². The van der Waals surface area contributed by atoms with E-state index in [9.17, 15) is 14.0 Å². The molecule has 134 valence electrons. The Labute approximate surface area is 150 Å². The molecule has 0 saturated carbocycles. The van der Waals surface area contributed by atoms with Crippen molar-refractivity contribution in [1.82, 2.24) is 9.88 Å². The van der Waals surface area contributed by atoms with Crippen LogP contribution in [0, 0.1) is 12.7 Å². The second kappa shape index (κ2) is 9.27. The van der Waals surface area contributed by atoms with Crippen LogP contribution in [0.15, 0.2) is 30.5 Å². The molecular weight excluding hydrogens is 341 g/mol. The van der Waals surface area contributed by atoms with E-state index in [1.54, 1.807) is 12.3 Å². The SMILES string of the molecule is CCCCCN(CC(=O)Nc1ncc(C)s1)C(=O)c1ccccc1F. The number of benzene rings is 1. The molecule has 0 unspecified atom stereocenters. The van der Waals surface area contributed by atoms with Crippen molar-refractivity contribution in [1.29, 1.82) is 0 Å². The Hall–Kier alpha value is -2.28. The molecule has 1 aromatic carbocycles. The summed E-state index contributed by atoms with van der Waals surface area (Å²) in [6.07, 6.45) is 4.37. The van der Waals surface area contributed by atoms with Crippen molar-refractivity contribution in [2.45, 2.75) is 33.1 Å². The molecule has 0 atom stereocenters. The van der Waals surface area contributed by atoms with Gasteiger partial charge in [-0.05, 0) is 25.5 Å². The molecule has 1 N–H and O–H groups in total. The summed E-state index contributed by atoms with van der Waals surface area (Å²) in [6, 6.07) is 5.83. The summed E-state index contributed by atoms with van der Waals surface area (Å²) in [4.78, 5) is 31.4. The van der Waals surface area contributed by atoms with Gasteiger partial charge in [0.05, 0.1) is 5.56 Å². The molecule has 0 saturated heterocycles. The van der Waals surface area contributed by atoms with Gasteiger partial charge in [-0.2, -0.15) is 0 Å². The summed E-state index contributed by atoms with van der Waals surface area (Å²) in [7, 11) is 0. The average Bonchev–Trinajstić information content (AvgIpc) is 2.98. The predicted molar refractivity (Wildman–Crippen MR) is 97.3 cm³/mol. The summed E-state index contributed by atoms with van der Waals surface area (Å²) < 4.78 is 13.9. The summed E-state index contributed by atoms with van der Waals surface area (Å²) in [5, 5.41) is 3.18. The van der Waals surface area contributed by atoms with Gasteiger partial charge in [0.2, 0.25) is 5.91 Å². The van der Waals surface area contributed by atoms with E-state index in [-0.39, 0.29) is 18.0 Å². The molecule has 25 heavy (non-hydrogen) atoms. The number of anilines is 1. The highest BCUT2D eigenvalue weighted by molar-refractivity contribution is 7.15. The van der Waals surface area contributed by atoms with Gasteiger partial charge in [-0.1, -0.05) is 31.9 Å². The first kappa shape index (κ1) is 19.1. The lowest BCUT2D eigenvalue weighted by Crippen LogP contribution is -2.39. The van der Waals surface area contributed by atoms with E-state index in [1.165, 1.54) is 34.4 Å². The van der Waals surface area contributed by atoms with Crippen molar-refractivity contribution < 1.29 is 14.0 Å². The van der Waals surface area contributed by atoms with Gasteiger partial charge in [0, 0.05) is 17.6 Å². The normalized spacial score (nSPS) is 10.5. The molecule has 0 fully saturated rings. The first-order valence-corrected chi connectivity index (χ1v) is 9.09. The largest absolute Gasteiger partial charge is 0.329 e. The summed E-state index contributed by atoms with van der Waals surface area (Å²) in [5.41, 5.74) is -0.0168.